The number of halogens is 2. The Morgan fingerprint density at radius 2 is 1.81 bits per heavy atom. The molecule has 1 aliphatic rings. The molecule has 1 saturated heterocycles. The molecule has 1 aliphatic heterocycles. The minimum Gasteiger partial charge on any atom is -0.369 e. The number of carbonyl (C=O) groups is 1. The summed E-state index contributed by atoms with van der Waals surface area (Å²) in [6.07, 6.45) is 3.24. The summed E-state index contributed by atoms with van der Waals surface area (Å²) in [5, 5.41) is 3.93. The molecule has 0 radical (unpaired) electrons. The van der Waals surface area contributed by atoms with Crippen LogP contribution in [0.4, 0.5) is 5.69 Å². The lowest BCUT2D eigenvalue weighted by atomic mass is 10.1. The molecule has 0 aromatic heterocycles. The minimum absolute atomic E-state index is 0.144. The number of para-hydroxylation sites is 1. The Balaban J connectivity index is 1.60. The molecule has 0 saturated carbocycles. The number of likely N-dealkylation sites (N-methyl/N-ethyl adjacent to an activating group) is 1. The van der Waals surface area contributed by atoms with E-state index in [1.165, 1.54) is 11.8 Å². The summed E-state index contributed by atoms with van der Waals surface area (Å²) in [5.74, 6) is -0.144. The zero-order valence-electron chi connectivity index (χ0n) is 15.3. The molecule has 1 heterocycles. The smallest absolute Gasteiger partial charge is 0.244 e. The van der Waals surface area contributed by atoms with Gasteiger partial charge in [0.25, 0.3) is 0 Å². The summed E-state index contributed by atoms with van der Waals surface area (Å²) in [6.45, 7) is 4.59. The number of hydrogen-bond acceptors (Lipinski definition) is 3. The van der Waals surface area contributed by atoms with Crippen LogP contribution in [-0.2, 0) is 11.3 Å². The molecule has 0 bridgehead atoms. The van der Waals surface area contributed by atoms with E-state index in [2.05, 4.69) is 34.3 Å². The highest BCUT2D eigenvalue weighted by Crippen LogP contribution is 2.23. The lowest BCUT2D eigenvalue weighted by Crippen LogP contribution is -2.45. The first-order valence-corrected chi connectivity index (χ1v) is 9.71. The third kappa shape index (κ3) is 5.48. The van der Waals surface area contributed by atoms with Gasteiger partial charge in [0.05, 0.1) is 10.0 Å². The van der Waals surface area contributed by atoms with Crippen molar-refractivity contribution in [3.63, 3.8) is 0 Å². The van der Waals surface area contributed by atoms with Crippen LogP contribution in [-0.4, -0.2) is 44.0 Å². The van der Waals surface area contributed by atoms with Crippen LogP contribution in [0.5, 0.6) is 0 Å². The number of hydrogen-bond donors (Lipinski definition) is 1. The zero-order valence-corrected chi connectivity index (χ0v) is 16.8. The summed E-state index contributed by atoms with van der Waals surface area (Å²) in [5.41, 5.74) is 3.15. The predicted octanol–water partition coefficient (Wildman–Crippen LogP) is 4.07. The standard InChI is InChI=1S/C21H23Cl2N3O/c1-25-10-12-26(13-11-25)20-5-3-2-4-17(20)15-24-21(27)9-7-16-6-8-18(22)19(23)14-16/h2-9,14H,10-13,15H2,1H3,(H,24,27)/b9-7+. The van der Waals surface area contributed by atoms with Crippen LogP contribution in [0.2, 0.25) is 10.0 Å². The summed E-state index contributed by atoms with van der Waals surface area (Å²) in [6, 6.07) is 13.5. The molecule has 1 N–H and O–H groups in total. The van der Waals surface area contributed by atoms with Crippen molar-refractivity contribution in [2.24, 2.45) is 0 Å². The average molecular weight is 404 g/mol. The van der Waals surface area contributed by atoms with Crippen LogP contribution >= 0.6 is 23.2 Å². The normalized spacial score (nSPS) is 15.3. The molecule has 1 amide bonds. The van der Waals surface area contributed by atoms with Crippen molar-refractivity contribution in [2.45, 2.75) is 6.54 Å². The fraction of sp³-hybridized carbons (Fsp3) is 0.286. The van der Waals surface area contributed by atoms with E-state index in [0.29, 0.717) is 16.6 Å². The van der Waals surface area contributed by atoms with Gasteiger partial charge >= 0.3 is 0 Å². The SMILES string of the molecule is CN1CCN(c2ccccc2CNC(=O)/C=C/c2ccc(Cl)c(Cl)c2)CC1. The number of carbonyl (C=O) groups excluding carboxylic acids is 1. The van der Waals surface area contributed by atoms with Crippen LogP contribution in [0, 0.1) is 0 Å². The molecule has 0 aliphatic carbocycles. The molecule has 4 nitrogen and oxygen atoms in total. The third-order valence-corrected chi connectivity index (χ3v) is 5.40. The van der Waals surface area contributed by atoms with E-state index in [1.54, 1.807) is 18.2 Å². The van der Waals surface area contributed by atoms with Crippen molar-refractivity contribution >= 4 is 40.9 Å². The topological polar surface area (TPSA) is 35.6 Å². The maximum Gasteiger partial charge on any atom is 0.244 e. The first-order valence-electron chi connectivity index (χ1n) is 8.95. The largest absolute Gasteiger partial charge is 0.369 e. The van der Waals surface area contributed by atoms with Gasteiger partial charge in [-0.2, -0.15) is 0 Å². The van der Waals surface area contributed by atoms with Gasteiger partial charge in [0.15, 0.2) is 0 Å². The van der Waals surface area contributed by atoms with Gasteiger partial charge < -0.3 is 15.1 Å². The fourth-order valence-corrected chi connectivity index (χ4v) is 3.35. The summed E-state index contributed by atoms with van der Waals surface area (Å²) >= 11 is 11.9. The van der Waals surface area contributed by atoms with Crippen molar-refractivity contribution in [1.29, 1.82) is 0 Å². The van der Waals surface area contributed by atoms with E-state index >= 15 is 0 Å². The second kappa shape index (κ2) is 9.27. The number of anilines is 1. The quantitative estimate of drug-likeness (QED) is 0.763. The Bertz CT molecular complexity index is 830. The second-order valence-corrected chi connectivity index (χ2v) is 7.46. The number of piperazine rings is 1. The zero-order chi connectivity index (χ0) is 19.2. The van der Waals surface area contributed by atoms with Crippen molar-refractivity contribution in [3.05, 3.63) is 69.7 Å². The van der Waals surface area contributed by atoms with Gasteiger partial charge in [0, 0.05) is 44.5 Å². The molecular weight excluding hydrogens is 381 g/mol. The maximum atomic E-state index is 12.2. The lowest BCUT2D eigenvalue weighted by molar-refractivity contribution is -0.116. The first kappa shape index (κ1) is 19.7. The van der Waals surface area contributed by atoms with Gasteiger partial charge in [0.2, 0.25) is 5.91 Å². The van der Waals surface area contributed by atoms with Crippen LogP contribution < -0.4 is 10.2 Å². The fourth-order valence-electron chi connectivity index (χ4n) is 3.05. The highest BCUT2D eigenvalue weighted by molar-refractivity contribution is 6.42. The van der Waals surface area contributed by atoms with Gasteiger partial charge in [-0.15, -0.1) is 0 Å². The van der Waals surface area contributed by atoms with Crippen molar-refractivity contribution in [2.75, 3.05) is 38.1 Å². The molecule has 6 heteroatoms. The molecule has 0 spiro atoms. The summed E-state index contributed by atoms with van der Waals surface area (Å²) in [7, 11) is 2.14. The van der Waals surface area contributed by atoms with Gasteiger partial charge in [-0.3, -0.25) is 4.79 Å². The van der Waals surface area contributed by atoms with Crippen LogP contribution in [0.3, 0.4) is 0 Å². The molecule has 2 aromatic carbocycles. The molecule has 0 atom stereocenters. The van der Waals surface area contributed by atoms with Crippen LogP contribution in [0.25, 0.3) is 6.08 Å². The van der Waals surface area contributed by atoms with E-state index in [4.69, 9.17) is 23.2 Å². The van der Waals surface area contributed by atoms with Crippen molar-refractivity contribution in [3.8, 4) is 0 Å². The minimum atomic E-state index is -0.144. The van der Waals surface area contributed by atoms with E-state index < -0.39 is 0 Å². The molecule has 1 fully saturated rings. The molecule has 27 heavy (non-hydrogen) atoms. The first-order chi connectivity index (χ1) is 13.0. The average Bonchev–Trinajstić information content (AvgIpc) is 2.68. The Hall–Kier alpha value is -2.01. The molecule has 3 rings (SSSR count). The van der Waals surface area contributed by atoms with Gasteiger partial charge in [-0.25, -0.2) is 0 Å². The highest BCUT2D eigenvalue weighted by atomic mass is 35.5. The number of nitrogens with zero attached hydrogens (tertiary/aromatic N) is 2. The summed E-state index contributed by atoms with van der Waals surface area (Å²) < 4.78 is 0. The number of nitrogens with one attached hydrogen (secondary N) is 1. The molecule has 2 aromatic rings. The second-order valence-electron chi connectivity index (χ2n) is 6.64. The van der Waals surface area contributed by atoms with Crippen molar-refractivity contribution < 1.29 is 4.79 Å². The lowest BCUT2D eigenvalue weighted by Gasteiger charge is -2.35. The van der Waals surface area contributed by atoms with Gasteiger partial charge in [-0.1, -0.05) is 47.5 Å². The molecular formula is C21H23Cl2N3O. The Morgan fingerprint density at radius 1 is 1.07 bits per heavy atom. The highest BCUT2D eigenvalue weighted by Gasteiger charge is 2.16. The number of amides is 1. The Labute approximate surface area is 170 Å². The summed E-state index contributed by atoms with van der Waals surface area (Å²) in [4.78, 5) is 16.9. The third-order valence-electron chi connectivity index (χ3n) is 4.66. The maximum absolute atomic E-state index is 12.2. The van der Waals surface area contributed by atoms with Gasteiger partial charge in [-0.05, 0) is 42.4 Å². The number of rotatable bonds is 5. The number of benzene rings is 2. The van der Waals surface area contributed by atoms with Crippen LogP contribution in [0.15, 0.2) is 48.5 Å². The Kier molecular flexibility index (Phi) is 6.78. The monoisotopic (exact) mass is 403 g/mol. The van der Waals surface area contributed by atoms with E-state index in [0.717, 1.165) is 37.3 Å². The molecule has 0 unspecified atom stereocenters. The Morgan fingerprint density at radius 3 is 2.56 bits per heavy atom. The molecule has 142 valence electrons. The van der Waals surface area contributed by atoms with Gasteiger partial charge in [0.1, 0.15) is 0 Å². The van der Waals surface area contributed by atoms with E-state index in [-0.39, 0.29) is 5.91 Å². The van der Waals surface area contributed by atoms with E-state index in [9.17, 15) is 4.79 Å². The predicted molar refractivity (Wildman–Crippen MR) is 113 cm³/mol. The van der Waals surface area contributed by atoms with Crippen LogP contribution in [0.1, 0.15) is 11.1 Å². The van der Waals surface area contributed by atoms with Crippen molar-refractivity contribution in [1.82, 2.24) is 10.2 Å². The van der Waals surface area contributed by atoms with E-state index in [1.807, 2.05) is 18.2 Å².